The second-order valence-electron chi connectivity index (χ2n) is 3.90. The number of aliphatic hydroxyl groups is 1. The number of nitrogens with zero attached hydrogens (tertiary/aromatic N) is 2. The predicted molar refractivity (Wildman–Crippen MR) is 50.3 cm³/mol. The highest BCUT2D eigenvalue weighted by Crippen LogP contribution is 2.18. The highest BCUT2D eigenvalue weighted by atomic mass is 16.3. The number of hydrogen-bond acceptors (Lipinski definition) is 4. The first kappa shape index (κ1) is 11.0. The van der Waals surface area contributed by atoms with Crippen molar-refractivity contribution in [2.75, 3.05) is 26.2 Å². The fourth-order valence-electron chi connectivity index (χ4n) is 1.55. The van der Waals surface area contributed by atoms with Gasteiger partial charge in [-0.1, -0.05) is 0 Å². The average Bonchev–Trinajstić information content (AvgIpc) is 2.01. The van der Waals surface area contributed by atoms with Crippen LogP contribution < -0.4 is 5.32 Å². The maximum atomic E-state index is 11.2. The van der Waals surface area contributed by atoms with Gasteiger partial charge in [-0.05, 0) is 6.92 Å². The number of hydrogen-bond donors (Lipinski definition) is 2. The lowest BCUT2D eigenvalue weighted by Gasteiger charge is -2.43. The smallest absolute Gasteiger partial charge is 0.234 e. The van der Waals surface area contributed by atoms with Crippen LogP contribution in [0.25, 0.3) is 0 Å². The lowest BCUT2D eigenvalue weighted by atomic mass is 9.97. The summed E-state index contributed by atoms with van der Waals surface area (Å²) >= 11 is 0. The normalized spacial score (nSPS) is 19.5. The summed E-state index contributed by atoms with van der Waals surface area (Å²) in [5.41, 5.74) is -0.632. The van der Waals surface area contributed by atoms with E-state index in [1.165, 1.54) is 0 Å². The Kier molecular flexibility index (Phi) is 3.44. The molecule has 0 aliphatic carbocycles. The van der Waals surface area contributed by atoms with E-state index in [9.17, 15) is 9.90 Å². The summed E-state index contributed by atoms with van der Waals surface area (Å²) in [7, 11) is 0. The number of amides is 1. The van der Waals surface area contributed by atoms with Crippen molar-refractivity contribution in [2.45, 2.75) is 18.9 Å². The van der Waals surface area contributed by atoms with Gasteiger partial charge in [-0.25, -0.2) is 0 Å². The monoisotopic (exact) mass is 197 g/mol. The number of carbonyl (C=O) groups excluding carboxylic acids is 1. The lowest BCUT2D eigenvalue weighted by molar-refractivity contribution is -0.130. The molecule has 0 radical (unpaired) electrons. The number of likely N-dealkylation sites (tertiary alicyclic amines) is 1. The van der Waals surface area contributed by atoms with Gasteiger partial charge in [0.05, 0.1) is 24.6 Å². The number of β-amino-alcohol motifs (C(OH)–C–C–N with tert-alkyl or cyclic N) is 1. The highest BCUT2D eigenvalue weighted by molar-refractivity contribution is 5.78. The Hall–Kier alpha value is -1.12. The van der Waals surface area contributed by atoms with Gasteiger partial charge in [0, 0.05) is 19.6 Å². The summed E-state index contributed by atoms with van der Waals surface area (Å²) in [6.45, 7) is 3.54. The molecule has 1 rings (SSSR count). The Morgan fingerprint density at radius 3 is 2.86 bits per heavy atom. The first-order valence-corrected chi connectivity index (χ1v) is 4.62. The van der Waals surface area contributed by atoms with Gasteiger partial charge in [0.1, 0.15) is 0 Å². The van der Waals surface area contributed by atoms with E-state index in [-0.39, 0.29) is 5.91 Å². The number of nitriles is 1. The van der Waals surface area contributed by atoms with E-state index in [2.05, 4.69) is 5.32 Å². The van der Waals surface area contributed by atoms with Crippen LogP contribution in [0.3, 0.4) is 0 Å². The molecule has 78 valence electrons. The third kappa shape index (κ3) is 3.32. The fourth-order valence-corrected chi connectivity index (χ4v) is 1.55. The van der Waals surface area contributed by atoms with Crippen LogP contribution in [0.1, 0.15) is 13.3 Å². The van der Waals surface area contributed by atoms with Gasteiger partial charge in [0.15, 0.2) is 0 Å². The summed E-state index contributed by atoms with van der Waals surface area (Å²) in [4.78, 5) is 13.1. The zero-order chi connectivity index (χ0) is 10.6. The molecule has 1 aliphatic heterocycles. The molecule has 1 amide bonds. The quantitative estimate of drug-likeness (QED) is 0.572. The molecule has 0 aromatic rings. The summed E-state index contributed by atoms with van der Waals surface area (Å²) in [5, 5.41) is 20.3. The Bertz CT molecular complexity index is 249. The molecule has 2 N–H and O–H groups in total. The Morgan fingerprint density at radius 2 is 2.36 bits per heavy atom. The first-order chi connectivity index (χ1) is 6.53. The van der Waals surface area contributed by atoms with Crippen molar-refractivity contribution in [2.24, 2.45) is 0 Å². The van der Waals surface area contributed by atoms with Crippen molar-refractivity contribution in [1.29, 1.82) is 5.26 Å². The lowest BCUT2D eigenvalue weighted by Crippen LogP contribution is -2.61. The molecule has 1 saturated heterocycles. The molecule has 0 atom stereocenters. The van der Waals surface area contributed by atoms with Crippen molar-refractivity contribution in [3.63, 3.8) is 0 Å². The van der Waals surface area contributed by atoms with Crippen molar-refractivity contribution >= 4 is 5.91 Å². The first-order valence-electron chi connectivity index (χ1n) is 4.62. The second kappa shape index (κ2) is 4.40. The zero-order valence-electron chi connectivity index (χ0n) is 8.29. The predicted octanol–water partition coefficient (Wildman–Crippen LogP) is -0.917. The molecule has 0 saturated carbocycles. The molecule has 14 heavy (non-hydrogen) atoms. The van der Waals surface area contributed by atoms with Crippen LogP contribution in [0.4, 0.5) is 0 Å². The Balaban J connectivity index is 2.08. The van der Waals surface area contributed by atoms with Gasteiger partial charge < -0.3 is 10.4 Å². The summed E-state index contributed by atoms with van der Waals surface area (Å²) in [6, 6.07) is 1.95. The van der Waals surface area contributed by atoms with Crippen LogP contribution in [0.5, 0.6) is 0 Å². The van der Waals surface area contributed by atoms with Crippen molar-refractivity contribution in [3.8, 4) is 6.07 Å². The molecule has 0 unspecified atom stereocenters. The van der Waals surface area contributed by atoms with E-state index >= 15 is 0 Å². The molecule has 0 aromatic carbocycles. The van der Waals surface area contributed by atoms with Gasteiger partial charge in [-0.2, -0.15) is 5.26 Å². The van der Waals surface area contributed by atoms with Crippen LogP contribution in [-0.4, -0.2) is 47.7 Å². The average molecular weight is 197 g/mol. The van der Waals surface area contributed by atoms with Gasteiger partial charge in [0.25, 0.3) is 0 Å². The van der Waals surface area contributed by atoms with E-state index in [1.807, 2.05) is 11.0 Å². The number of rotatable bonds is 4. The third-order valence-corrected chi connectivity index (χ3v) is 2.05. The molecule has 1 aliphatic rings. The second-order valence-corrected chi connectivity index (χ2v) is 3.90. The Labute approximate surface area is 83.3 Å². The molecule has 0 aromatic heterocycles. The topological polar surface area (TPSA) is 76.4 Å². The molecule has 1 heterocycles. The summed E-state index contributed by atoms with van der Waals surface area (Å²) < 4.78 is 0. The summed E-state index contributed by atoms with van der Waals surface area (Å²) in [6.07, 6.45) is 0.337. The minimum absolute atomic E-state index is 0.0873. The highest BCUT2D eigenvalue weighted by Gasteiger charge is 2.36. The van der Waals surface area contributed by atoms with Crippen molar-refractivity contribution in [1.82, 2.24) is 10.2 Å². The van der Waals surface area contributed by atoms with Crippen LogP contribution >= 0.6 is 0 Å². The van der Waals surface area contributed by atoms with E-state index in [0.29, 0.717) is 32.6 Å². The Morgan fingerprint density at radius 1 is 1.71 bits per heavy atom. The van der Waals surface area contributed by atoms with Crippen LogP contribution in [0.15, 0.2) is 0 Å². The maximum absolute atomic E-state index is 11.2. The molecule has 5 heteroatoms. The molecule has 0 spiro atoms. The van der Waals surface area contributed by atoms with Crippen LogP contribution in [0.2, 0.25) is 0 Å². The maximum Gasteiger partial charge on any atom is 0.234 e. The fraction of sp³-hybridized carbons (Fsp3) is 0.778. The standard InChI is InChI=1S/C9H15N3O2/c1-9(14)6-12(7-9)5-8(13)11-4-2-3-10/h14H,2,4-7H2,1H3,(H,11,13). The number of nitrogens with one attached hydrogen (secondary N) is 1. The van der Waals surface area contributed by atoms with E-state index < -0.39 is 5.60 Å². The van der Waals surface area contributed by atoms with Gasteiger partial charge >= 0.3 is 0 Å². The molecular formula is C9H15N3O2. The van der Waals surface area contributed by atoms with E-state index in [1.54, 1.807) is 6.92 Å². The zero-order valence-corrected chi connectivity index (χ0v) is 8.29. The molecule has 1 fully saturated rings. The van der Waals surface area contributed by atoms with Gasteiger partial charge in [0.2, 0.25) is 5.91 Å². The van der Waals surface area contributed by atoms with Crippen molar-refractivity contribution in [3.05, 3.63) is 0 Å². The van der Waals surface area contributed by atoms with E-state index in [0.717, 1.165) is 0 Å². The van der Waals surface area contributed by atoms with Crippen molar-refractivity contribution < 1.29 is 9.90 Å². The third-order valence-electron chi connectivity index (χ3n) is 2.05. The van der Waals surface area contributed by atoms with Crippen LogP contribution in [0, 0.1) is 11.3 Å². The molecule has 5 nitrogen and oxygen atoms in total. The minimum atomic E-state index is -0.632. The largest absolute Gasteiger partial charge is 0.388 e. The van der Waals surface area contributed by atoms with Crippen LogP contribution in [-0.2, 0) is 4.79 Å². The minimum Gasteiger partial charge on any atom is -0.388 e. The van der Waals surface area contributed by atoms with E-state index in [4.69, 9.17) is 5.26 Å². The van der Waals surface area contributed by atoms with Gasteiger partial charge in [-0.3, -0.25) is 9.69 Å². The molecule has 0 bridgehead atoms. The summed E-state index contributed by atoms with van der Waals surface area (Å²) in [5.74, 6) is -0.0873. The molecular weight excluding hydrogens is 182 g/mol. The number of carbonyl (C=O) groups is 1. The van der Waals surface area contributed by atoms with Gasteiger partial charge in [-0.15, -0.1) is 0 Å². The SMILES string of the molecule is CC1(O)CN(CC(=O)NCCC#N)C1.